The molecule has 5 nitrogen and oxygen atoms in total. The summed E-state index contributed by atoms with van der Waals surface area (Å²) in [4.78, 5) is 14.4. The van der Waals surface area contributed by atoms with Crippen LogP contribution in [0, 0.1) is 0 Å². The fourth-order valence-electron chi connectivity index (χ4n) is 2.69. The fraction of sp³-hybridized carbons (Fsp3) is 0.333. The molecule has 0 bridgehead atoms. The zero-order chi connectivity index (χ0) is 14.1. The van der Waals surface area contributed by atoms with Gasteiger partial charge in [-0.15, -0.1) is 0 Å². The van der Waals surface area contributed by atoms with E-state index in [1.54, 1.807) is 0 Å². The molecule has 0 fully saturated rings. The van der Waals surface area contributed by atoms with Gasteiger partial charge < -0.3 is 10.6 Å². The summed E-state index contributed by atoms with van der Waals surface area (Å²) in [6.07, 6.45) is 7.75. The molecule has 3 rings (SSSR count). The molecule has 0 spiro atoms. The minimum Gasteiger partial charge on any atom is -0.399 e. The predicted octanol–water partition coefficient (Wildman–Crippen LogP) is 0.874. The highest BCUT2D eigenvalue weighted by atomic mass is 16.2. The van der Waals surface area contributed by atoms with Crippen molar-refractivity contribution in [2.75, 3.05) is 17.2 Å². The van der Waals surface area contributed by atoms with Crippen LogP contribution >= 0.6 is 0 Å². The van der Waals surface area contributed by atoms with Crippen LogP contribution in [0.15, 0.2) is 36.9 Å². The van der Waals surface area contributed by atoms with Gasteiger partial charge in [-0.05, 0) is 30.5 Å². The van der Waals surface area contributed by atoms with Crippen molar-refractivity contribution in [3.05, 3.63) is 42.5 Å². The summed E-state index contributed by atoms with van der Waals surface area (Å²) in [7, 11) is 1.94. The number of anilines is 2. The van der Waals surface area contributed by atoms with E-state index in [0.29, 0.717) is 12.2 Å². The number of aromatic nitrogens is 2. The van der Waals surface area contributed by atoms with Crippen LogP contribution in [0.3, 0.4) is 0 Å². The first-order chi connectivity index (χ1) is 9.63. The van der Waals surface area contributed by atoms with Crippen LogP contribution in [0.4, 0.5) is 11.4 Å². The molecule has 0 unspecified atom stereocenters. The zero-order valence-corrected chi connectivity index (χ0v) is 11.6. The highest BCUT2D eigenvalue weighted by Gasteiger charge is 2.24. The summed E-state index contributed by atoms with van der Waals surface area (Å²) < 4.78 is 3.82. The first kappa shape index (κ1) is 12.7. The van der Waals surface area contributed by atoms with Gasteiger partial charge in [0.1, 0.15) is 12.4 Å². The van der Waals surface area contributed by atoms with Gasteiger partial charge in [-0.25, -0.2) is 9.13 Å². The number of nitrogen functional groups attached to an aromatic ring is 1. The largest absolute Gasteiger partial charge is 0.399 e. The molecule has 0 saturated heterocycles. The maximum absolute atomic E-state index is 12.5. The highest BCUT2D eigenvalue weighted by molar-refractivity contribution is 5.95. The number of aryl methyl sites for hydroxylation is 2. The first-order valence-electron chi connectivity index (χ1n) is 6.83. The number of carbonyl (C=O) groups excluding carboxylic acids is 1. The average molecular weight is 271 g/mol. The van der Waals surface area contributed by atoms with Crippen LogP contribution in [-0.2, 0) is 24.8 Å². The summed E-state index contributed by atoms with van der Waals surface area (Å²) in [5.41, 5.74) is 8.73. The van der Waals surface area contributed by atoms with E-state index in [2.05, 4.69) is 0 Å². The first-order valence-corrected chi connectivity index (χ1v) is 6.83. The second-order valence-electron chi connectivity index (χ2n) is 5.29. The maximum Gasteiger partial charge on any atom is 0.269 e. The van der Waals surface area contributed by atoms with Crippen LogP contribution in [0.5, 0.6) is 0 Å². The van der Waals surface area contributed by atoms with Gasteiger partial charge in [0.25, 0.3) is 5.91 Å². The Bertz CT molecular complexity index is 647. The van der Waals surface area contributed by atoms with Crippen LogP contribution in [-0.4, -0.2) is 17.0 Å². The van der Waals surface area contributed by atoms with Gasteiger partial charge in [0.15, 0.2) is 6.54 Å². The Morgan fingerprint density at radius 3 is 3.05 bits per heavy atom. The number of amides is 1. The van der Waals surface area contributed by atoms with Crippen LogP contribution < -0.4 is 15.2 Å². The number of carbonyl (C=O) groups is 1. The second kappa shape index (κ2) is 5.00. The van der Waals surface area contributed by atoms with Crippen molar-refractivity contribution in [2.24, 2.45) is 7.05 Å². The van der Waals surface area contributed by atoms with E-state index in [0.717, 1.165) is 25.1 Å². The minimum atomic E-state index is 0.104. The molecule has 5 heteroatoms. The fourth-order valence-corrected chi connectivity index (χ4v) is 2.69. The van der Waals surface area contributed by atoms with Gasteiger partial charge >= 0.3 is 0 Å². The summed E-state index contributed by atoms with van der Waals surface area (Å²) in [6.45, 7) is 1.12. The summed E-state index contributed by atoms with van der Waals surface area (Å²) in [6, 6.07) is 5.83. The average Bonchev–Trinajstić information content (AvgIpc) is 2.83. The van der Waals surface area contributed by atoms with E-state index in [9.17, 15) is 4.79 Å². The van der Waals surface area contributed by atoms with E-state index in [4.69, 9.17) is 5.73 Å². The minimum absolute atomic E-state index is 0.104. The van der Waals surface area contributed by atoms with E-state index in [-0.39, 0.29) is 5.91 Å². The Balaban J connectivity index is 1.84. The van der Waals surface area contributed by atoms with Gasteiger partial charge in [0.2, 0.25) is 6.33 Å². The molecule has 104 valence electrons. The maximum atomic E-state index is 12.5. The third kappa shape index (κ3) is 2.39. The smallest absolute Gasteiger partial charge is 0.269 e. The number of imidazole rings is 1. The van der Waals surface area contributed by atoms with Crippen molar-refractivity contribution in [3.63, 3.8) is 0 Å². The number of nitrogens with zero attached hydrogens (tertiary/aromatic N) is 3. The molecule has 1 amide bonds. The Kier molecular flexibility index (Phi) is 3.18. The molecule has 0 saturated carbocycles. The third-order valence-corrected chi connectivity index (χ3v) is 3.67. The van der Waals surface area contributed by atoms with Gasteiger partial charge in [-0.1, -0.05) is 6.07 Å². The molecule has 1 aliphatic rings. The Morgan fingerprint density at radius 1 is 1.45 bits per heavy atom. The van der Waals surface area contributed by atoms with E-state index in [1.807, 2.05) is 58.0 Å². The van der Waals surface area contributed by atoms with Crippen LogP contribution in [0.1, 0.15) is 12.0 Å². The van der Waals surface area contributed by atoms with Crippen molar-refractivity contribution >= 4 is 17.3 Å². The number of benzene rings is 1. The molecule has 1 aliphatic heterocycles. The molecule has 1 aromatic carbocycles. The molecular weight excluding hydrogens is 252 g/mol. The van der Waals surface area contributed by atoms with Gasteiger partial charge in [-0.3, -0.25) is 4.79 Å². The summed E-state index contributed by atoms with van der Waals surface area (Å²) in [5, 5.41) is 0. The Morgan fingerprint density at radius 2 is 2.30 bits per heavy atom. The molecule has 1 aromatic heterocycles. The van der Waals surface area contributed by atoms with E-state index in [1.165, 1.54) is 5.56 Å². The normalized spacial score (nSPS) is 14.2. The van der Waals surface area contributed by atoms with Crippen molar-refractivity contribution in [1.29, 1.82) is 0 Å². The summed E-state index contributed by atoms with van der Waals surface area (Å²) >= 11 is 0. The topological polar surface area (TPSA) is 55.1 Å². The molecule has 0 radical (unpaired) electrons. The van der Waals surface area contributed by atoms with Crippen molar-refractivity contribution in [1.82, 2.24) is 4.57 Å². The summed E-state index contributed by atoms with van der Waals surface area (Å²) in [5.74, 6) is 0.104. The molecule has 0 atom stereocenters. The molecule has 2 heterocycles. The number of hydrogen-bond acceptors (Lipinski definition) is 2. The van der Waals surface area contributed by atoms with Gasteiger partial charge in [-0.2, -0.15) is 0 Å². The number of rotatable bonds is 2. The van der Waals surface area contributed by atoms with Crippen molar-refractivity contribution < 1.29 is 9.36 Å². The molecule has 2 aromatic rings. The van der Waals surface area contributed by atoms with Gasteiger partial charge in [0.05, 0.1) is 7.05 Å². The zero-order valence-electron chi connectivity index (χ0n) is 11.6. The SMILES string of the molecule is C[n+]1ccn(CC(=O)N2CCCc3ccc(N)cc32)c1. The lowest BCUT2D eigenvalue weighted by Gasteiger charge is -2.29. The lowest BCUT2D eigenvalue weighted by Crippen LogP contribution is -2.38. The number of nitrogens with two attached hydrogens (primary N) is 1. The lowest BCUT2D eigenvalue weighted by molar-refractivity contribution is -0.671. The Labute approximate surface area is 118 Å². The molecule has 2 N–H and O–H groups in total. The number of fused-ring (bicyclic) bond motifs is 1. The number of hydrogen-bond donors (Lipinski definition) is 1. The van der Waals surface area contributed by atoms with Gasteiger partial charge in [0, 0.05) is 17.9 Å². The van der Waals surface area contributed by atoms with Crippen LogP contribution in [0.25, 0.3) is 0 Å². The van der Waals surface area contributed by atoms with E-state index >= 15 is 0 Å². The molecular formula is C15H19N4O+. The molecule has 20 heavy (non-hydrogen) atoms. The second-order valence-corrected chi connectivity index (χ2v) is 5.29. The molecule has 0 aliphatic carbocycles. The third-order valence-electron chi connectivity index (χ3n) is 3.67. The van der Waals surface area contributed by atoms with Crippen LogP contribution in [0.2, 0.25) is 0 Å². The monoisotopic (exact) mass is 271 g/mol. The van der Waals surface area contributed by atoms with Crippen molar-refractivity contribution in [2.45, 2.75) is 19.4 Å². The standard InChI is InChI=1S/C15H19N4O/c1-17-7-8-18(11-17)10-15(20)19-6-2-3-12-4-5-13(16)9-14(12)19/h4-5,7-9,11H,2-3,6,10,16H2,1H3/q+1. The predicted molar refractivity (Wildman–Crippen MR) is 77.1 cm³/mol. The quantitative estimate of drug-likeness (QED) is 0.651. The van der Waals surface area contributed by atoms with Crippen molar-refractivity contribution in [3.8, 4) is 0 Å². The lowest BCUT2D eigenvalue weighted by atomic mass is 10.0. The Hall–Kier alpha value is -2.30. The van der Waals surface area contributed by atoms with E-state index < -0.39 is 0 Å². The highest BCUT2D eigenvalue weighted by Crippen LogP contribution is 2.29.